The fourth-order valence-electron chi connectivity index (χ4n) is 1.41. The number of nitrogen functional groups attached to an aromatic ring is 1. The van der Waals surface area contributed by atoms with E-state index >= 15 is 0 Å². The Kier molecular flexibility index (Phi) is 5.54. The fourth-order valence-corrected chi connectivity index (χ4v) is 1.41. The maximum Gasteiger partial charge on any atom is 0.254 e. The number of nitrogens with two attached hydrogens (primary N) is 1. The van der Waals surface area contributed by atoms with Crippen molar-refractivity contribution in [2.45, 2.75) is 6.10 Å². The van der Waals surface area contributed by atoms with Gasteiger partial charge in [0, 0.05) is 26.5 Å². The molecule has 0 aliphatic carbocycles. The topological polar surface area (TPSA) is 73.6 Å². The standard InChI is InChI=1S/C12H17FN2O3/c1-17-7-9(18-2)6-15-12(16)10-5-8(14)3-4-11(10)13/h3-5,9H,6-7,14H2,1-2H3,(H,15,16). The quantitative estimate of drug-likeness (QED) is 0.738. The molecule has 0 radical (unpaired) electrons. The number of hydrogen-bond donors (Lipinski definition) is 2. The number of ether oxygens (including phenoxy) is 2. The van der Waals surface area contributed by atoms with Gasteiger partial charge in [-0.05, 0) is 18.2 Å². The molecule has 100 valence electrons. The molecule has 5 nitrogen and oxygen atoms in total. The first-order chi connectivity index (χ1) is 8.58. The van der Waals surface area contributed by atoms with Crippen LogP contribution in [0.25, 0.3) is 0 Å². The second-order valence-corrected chi connectivity index (χ2v) is 3.76. The van der Waals surface area contributed by atoms with Crippen molar-refractivity contribution < 1.29 is 18.7 Å². The summed E-state index contributed by atoms with van der Waals surface area (Å²) < 4.78 is 23.4. The maximum atomic E-state index is 13.4. The molecule has 1 rings (SSSR count). The minimum absolute atomic E-state index is 0.0812. The molecule has 1 amide bonds. The van der Waals surface area contributed by atoms with E-state index in [9.17, 15) is 9.18 Å². The molecule has 0 fully saturated rings. The Labute approximate surface area is 105 Å². The first kappa shape index (κ1) is 14.4. The van der Waals surface area contributed by atoms with Crippen LogP contribution in [-0.4, -0.2) is 39.4 Å². The Balaban J connectivity index is 2.62. The molecule has 1 aromatic rings. The SMILES string of the molecule is COCC(CNC(=O)c1cc(N)ccc1F)OC. The second kappa shape index (κ2) is 6.93. The van der Waals surface area contributed by atoms with E-state index in [1.54, 1.807) is 0 Å². The van der Waals surface area contributed by atoms with Crippen LogP contribution in [0.1, 0.15) is 10.4 Å². The van der Waals surface area contributed by atoms with E-state index in [1.807, 2.05) is 0 Å². The van der Waals surface area contributed by atoms with Gasteiger partial charge < -0.3 is 20.5 Å². The average Bonchev–Trinajstić information content (AvgIpc) is 2.37. The Hall–Kier alpha value is -1.66. The third kappa shape index (κ3) is 3.97. The largest absolute Gasteiger partial charge is 0.399 e. The van der Waals surface area contributed by atoms with Gasteiger partial charge in [0.2, 0.25) is 0 Å². The highest BCUT2D eigenvalue weighted by atomic mass is 19.1. The Bertz CT molecular complexity index is 412. The Morgan fingerprint density at radius 2 is 2.22 bits per heavy atom. The summed E-state index contributed by atoms with van der Waals surface area (Å²) in [6.45, 7) is 0.577. The number of carbonyl (C=O) groups excluding carboxylic acids is 1. The number of rotatable bonds is 6. The van der Waals surface area contributed by atoms with Crippen molar-refractivity contribution in [2.24, 2.45) is 0 Å². The number of carbonyl (C=O) groups is 1. The molecule has 3 N–H and O–H groups in total. The molecule has 1 atom stereocenters. The minimum atomic E-state index is -0.609. The van der Waals surface area contributed by atoms with Gasteiger partial charge >= 0.3 is 0 Å². The summed E-state index contributed by atoms with van der Waals surface area (Å²) in [6, 6.07) is 3.85. The Morgan fingerprint density at radius 3 is 2.83 bits per heavy atom. The van der Waals surface area contributed by atoms with Crippen LogP contribution in [0, 0.1) is 5.82 Å². The van der Waals surface area contributed by atoms with Crippen LogP contribution >= 0.6 is 0 Å². The molecule has 0 spiro atoms. The van der Waals surface area contributed by atoms with Gasteiger partial charge in [0.05, 0.1) is 18.3 Å². The first-order valence-electron chi connectivity index (χ1n) is 5.43. The molecule has 1 unspecified atom stereocenters. The first-order valence-corrected chi connectivity index (χ1v) is 5.43. The monoisotopic (exact) mass is 256 g/mol. The fraction of sp³-hybridized carbons (Fsp3) is 0.417. The predicted molar refractivity (Wildman–Crippen MR) is 65.8 cm³/mol. The zero-order valence-corrected chi connectivity index (χ0v) is 10.4. The number of halogens is 1. The highest BCUT2D eigenvalue weighted by molar-refractivity contribution is 5.95. The van der Waals surface area contributed by atoms with E-state index in [-0.39, 0.29) is 18.2 Å². The van der Waals surface area contributed by atoms with Gasteiger partial charge in [0.15, 0.2) is 0 Å². The molecule has 6 heteroatoms. The molecule has 0 bridgehead atoms. The van der Waals surface area contributed by atoms with Gasteiger partial charge in [0.25, 0.3) is 5.91 Å². The van der Waals surface area contributed by atoms with Gasteiger partial charge in [-0.2, -0.15) is 0 Å². The normalized spacial score (nSPS) is 12.2. The van der Waals surface area contributed by atoms with Crippen LogP contribution in [0.4, 0.5) is 10.1 Å². The van der Waals surface area contributed by atoms with Crippen molar-refractivity contribution in [1.29, 1.82) is 0 Å². The van der Waals surface area contributed by atoms with Gasteiger partial charge in [-0.15, -0.1) is 0 Å². The van der Waals surface area contributed by atoms with Crippen molar-refractivity contribution >= 4 is 11.6 Å². The van der Waals surface area contributed by atoms with Crippen molar-refractivity contribution in [3.05, 3.63) is 29.6 Å². The molecule has 1 aromatic carbocycles. The third-order valence-electron chi connectivity index (χ3n) is 2.41. The summed E-state index contributed by atoms with van der Waals surface area (Å²) in [6.07, 6.45) is -0.275. The zero-order valence-electron chi connectivity index (χ0n) is 10.4. The van der Waals surface area contributed by atoms with Crippen LogP contribution in [0.2, 0.25) is 0 Å². The summed E-state index contributed by atoms with van der Waals surface area (Å²) >= 11 is 0. The lowest BCUT2D eigenvalue weighted by molar-refractivity contribution is 0.0285. The van der Waals surface area contributed by atoms with Crippen LogP contribution in [0.15, 0.2) is 18.2 Å². The molecular formula is C12H17FN2O3. The third-order valence-corrected chi connectivity index (χ3v) is 2.41. The van der Waals surface area contributed by atoms with E-state index in [0.717, 1.165) is 6.07 Å². The number of hydrogen-bond acceptors (Lipinski definition) is 4. The van der Waals surface area contributed by atoms with Gasteiger partial charge in [-0.25, -0.2) is 4.39 Å². The molecule has 0 saturated heterocycles. The second-order valence-electron chi connectivity index (χ2n) is 3.76. The lowest BCUT2D eigenvalue weighted by Gasteiger charge is -2.15. The van der Waals surface area contributed by atoms with Crippen LogP contribution in [0.3, 0.4) is 0 Å². The molecule has 0 saturated carbocycles. The minimum Gasteiger partial charge on any atom is -0.399 e. The number of nitrogens with one attached hydrogen (secondary N) is 1. The smallest absolute Gasteiger partial charge is 0.254 e. The molecule has 0 aliphatic rings. The van der Waals surface area contributed by atoms with Crippen LogP contribution < -0.4 is 11.1 Å². The lowest BCUT2D eigenvalue weighted by Crippen LogP contribution is -2.36. The predicted octanol–water partition coefficient (Wildman–Crippen LogP) is 0.799. The van der Waals surface area contributed by atoms with Gasteiger partial charge in [-0.3, -0.25) is 4.79 Å². The van der Waals surface area contributed by atoms with Crippen LogP contribution in [-0.2, 0) is 9.47 Å². The molecule has 18 heavy (non-hydrogen) atoms. The maximum absolute atomic E-state index is 13.4. The summed E-state index contributed by atoms with van der Waals surface area (Å²) in [5.74, 6) is -1.14. The van der Waals surface area contributed by atoms with Crippen molar-refractivity contribution in [2.75, 3.05) is 33.1 Å². The summed E-state index contributed by atoms with van der Waals surface area (Å²) in [4.78, 5) is 11.7. The summed E-state index contributed by atoms with van der Waals surface area (Å²) in [5, 5.41) is 2.56. The van der Waals surface area contributed by atoms with Crippen molar-refractivity contribution in [3.8, 4) is 0 Å². The van der Waals surface area contributed by atoms with E-state index in [2.05, 4.69) is 5.32 Å². The Morgan fingerprint density at radius 1 is 1.50 bits per heavy atom. The van der Waals surface area contributed by atoms with Gasteiger partial charge in [-0.1, -0.05) is 0 Å². The lowest BCUT2D eigenvalue weighted by atomic mass is 10.1. The highest BCUT2D eigenvalue weighted by Crippen LogP contribution is 2.11. The van der Waals surface area contributed by atoms with Crippen molar-refractivity contribution in [3.63, 3.8) is 0 Å². The summed E-state index contributed by atoms with van der Waals surface area (Å²) in [5.41, 5.74) is 5.76. The number of benzene rings is 1. The summed E-state index contributed by atoms with van der Waals surface area (Å²) in [7, 11) is 3.04. The van der Waals surface area contributed by atoms with Gasteiger partial charge in [0.1, 0.15) is 5.82 Å². The van der Waals surface area contributed by atoms with E-state index in [4.69, 9.17) is 15.2 Å². The highest BCUT2D eigenvalue weighted by Gasteiger charge is 2.14. The number of methoxy groups -OCH3 is 2. The molecular weight excluding hydrogens is 239 g/mol. The molecule has 0 heterocycles. The number of amides is 1. The molecule has 0 aliphatic heterocycles. The molecule has 0 aromatic heterocycles. The van der Waals surface area contributed by atoms with Crippen molar-refractivity contribution in [1.82, 2.24) is 5.32 Å². The van der Waals surface area contributed by atoms with E-state index in [0.29, 0.717) is 12.3 Å². The van der Waals surface area contributed by atoms with E-state index < -0.39 is 11.7 Å². The average molecular weight is 256 g/mol. The van der Waals surface area contributed by atoms with E-state index in [1.165, 1.54) is 26.4 Å². The number of anilines is 1. The van der Waals surface area contributed by atoms with Crippen LogP contribution in [0.5, 0.6) is 0 Å². The zero-order chi connectivity index (χ0) is 13.5.